The number of piperidine rings is 1. The van der Waals surface area contributed by atoms with E-state index in [2.05, 4.69) is 21.2 Å². The molecular formula is C25H26BrN3O5. The number of nitro groups is 1. The van der Waals surface area contributed by atoms with Gasteiger partial charge in [-0.25, -0.2) is 0 Å². The van der Waals surface area contributed by atoms with Gasteiger partial charge in [-0.2, -0.15) is 0 Å². The number of rotatable bonds is 6. The highest BCUT2D eigenvalue weighted by Crippen LogP contribution is 2.60. The number of fused-ring (bicyclic) bond motifs is 2. The van der Waals surface area contributed by atoms with Crippen molar-refractivity contribution in [3.63, 3.8) is 0 Å². The molecule has 2 bridgehead atoms. The minimum Gasteiger partial charge on any atom is -0.323 e. The Morgan fingerprint density at radius 3 is 2.50 bits per heavy atom. The summed E-state index contributed by atoms with van der Waals surface area (Å²) in [6.07, 6.45) is 1.37. The molecule has 3 unspecified atom stereocenters. The van der Waals surface area contributed by atoms with Crippen molar-refractivity contribution < 1.29 is 19.3 Å². The summed E-state index contributed by atoms with van der Waals surface area (Å²) >= 11 is 3.27. The van der Waals surface area contributed by atoms with Crippen LogP contribution in [0.1, 0.15) is 39.2 Å². The second kappa shape index (κ2) is 8.61. The summed E-state index contributed by atoms with van der Waals surface area (Å²) in [7, 11) is 0. The second-order valence-electron chi connectivity index (χ2n) is 9.77. The van der Waals surface area contributed by atoms with E-state index < -0.39 is 27.7 Å². The normalized spacial score (nSPS) is 24.1. The lowest BCUT2D eigenvalue weighted by Gasteiger charge is -2.49. The number of amides is 3. The summed E-state index contributed by atoms with van der Waals surface area (Å²) in [5.41, 5.74) is -0.228. The molecule has 1 saturated carbocycles. The zero-order chi connectivity index (χ0) is 24.8. The number of hydrogen-bond acceptors (Lipinski definition) is 5. The number of likely N-dealkylation sites (tertiary alicyclic amines) is 1. The molecule has 9 heteroatoms. The van der Waals surface area contributed by atoms with E-state index in [1.807, 2.05) is 51.1 Å². The van der Waals surface area contributed by atoms with Gasteiger partial charge in [0.05, 0.1) is 16.0 Å². The Balaban J connectivity index is 1.70. The van der Waals surface area contributed by atoms with Crippen LogP contribution in [0.3, 0.4) is 0 Å². The van der Waals surface area contributed by atoms with Gasteiger partial charge in [0.15, 0.2) is 0 Å². The van der Waals surface area contributed by atoms with E-state index in [9.17, 15) is 24.5 Å². The van der Waals surface area contributed by atoms with Gasteiger partial charge in [0.1, 0.15) is 6.04 Å². The molecule has 3 atom stereocenters. The first-order valence-electron chi connectivity index (χ1n) is 11.1. The molecule has 1 heterocycles. The molecule has 0 aromatic heterocycles. The molecule has 2 aliphatic rings. The zero-order valence-electron chi connectivity index (χ0n) is 19.2. The molecule has 34 heavy (non-hydrogen) atoms. The van der Waals surface area contributed by atoms with Crippen molar-refractivity contribution in [3.05, 3.63) is 68.7 Å². The number of anilines is 1. The SMILES string of the molecule is CC12CCC(C(=O)N(C(Cc3ccccc3)C(=O)Nc3ccc([N+](=O)[O-])cc3Br)C1=O)C2(C)C. The Bertz CT molecular complexity index is 1180. The fourth-order valence-electron chi connectivity index (χ4n) is 5.22. The quantitative estimate of drug-likeness (QED) is 0.332. The summed E-state index contributed by atoms with van der Waals surface area (Å²) in [5.74, 6) is -1.51. The topological polar surface area (TPSA) is 110 Å². The molecule has 2 aromatic carbocycles. The van der Waals surface area contributed by atoms with Gasteiger partial charge >= 0.3 is 0 Å². The molecule has 178 valence electrons. The van der Waals surface area contributed by atoms with E-state index >= 15 is 0 Å². The number of nitro benzene ring substituents is 1. The highest BCUT2D eigenvalue weighted by molar-refractivity contribution is 9.10. The number of imide groups is 1. The maximum atomic E-state index is 13.7. The lowest BCUT2D eigenvalue weighted by Crippen LogP contribution is -2.64. The number of hydrogen-bond donors (Lipinski definition) is 1. The molecule has 4 rings (SSSR count). The minimum absolute atomic E-state index is 0.126. The van der Waals surface area contributed by atoms with Gasteiger partial charge in [0.2, 0.25) is 17.7 Å². The minimum atomic E-state index is -1.06. The fourth-order valence-corrected chi connectivity index (χ4v) is 5.68. The third kappa shape index (κ3) is 3.81. The highest BCUT2D eigenvalue weighted by Gasteiger charge is 2.65. The van der Waals surface area contributed by atoms with Gasteiger partial charge in [-0.3, -0.25) is 29.4 Å². The fraction of sp³-hybridized carbons (Fsp3) is 0.400. The Hall–Kier alpha value is -3.07. The van der Waals surface area contributed by atoms with Crippen molar-refractivity contribution in [2.75, 3.05) is 5.32 Å². The molecule has 1 saturated heterocycles. The molecule has 2 aromatic rings. The van der Waals surface area contributed by atoms with Gasteiger partial charge in [0.25, 0.3) is 5.69 Å². The largest absolute Gasteiger partial charge is 0.323 e. The molecule has 8 nitrogen and oxygen atoms in total. The number of halogens is 1. The summed E-state index contributed by atoms with van der Waals surface area (Å²) in [6.45, 7) is 5.80. The number of benzene rings is 2. The van der Waals surface area contributed by atoms with Crippen molar-refractivity contribution in [2.45, 2.75) is 46.1 Å². The second-order valence-corrected chi connectivity index (χ2v) is 10.6. The Kier molecular flexibility index (Phi) is 6.10. The molecule has 1 aliphatic heterocycles. The lowest BCUT2D eigenvalue weighted by molar-refractivity contribution is -0.384. The smallest absolute Gasteiger partial charge is 0.270 e. The predicted octanol–water partition coefficient (Wildman–Crippen LogP) is 4.72. The first-order valence-corrected chi connectivity index (χ1v) is 11.9. The molecule has 1 aliphatic carbocycles. The van der Waals surface area contributed by atoms with Crippen LogP contribution in [0.25, 0.3) is 0 Å². The van der Waals surface area contributed by atoms with Gasteiger partial charge in [-0.15, -0.1) is 0 Å². The molecule has 1 N–H and O–H groups in total. The van der Waals surface area contributed by atoms with Crippen LogP contribution in [-0.2, 0) is 20.8 Å². The number of non-ortho nitro benzene ring substituents is 1. The lowest BCUT2D eigenvalue weighted by atomic mass is 9.62. The van der Waals surface area contributed by atoms with Crippen molar-refractivity contribution >= 4 is 45.0 Å². The van der Waals surface area contributed by atoms with E-state index in [4.69, 9.17) is 0 Å². The van der Waals surface area contributed by atoms with Gasteiger partial charge < -0.3 is 5.32 Å². The number of nitrogens with zero attached hydrogens (tertiary/aromatic N) is 2. The summed E-state index contributed by atoms with van der Waals surface area (Å²) in [4.78, 5) is 52.6. The van der Waals surface area contributed by atoms with Crippen molar-refractivity contribution in [2.24, 2.45) is 16.7 Å². The first-order chi connectivity index (χ1) is 16.0. The zero-order valence-corrected chi connectivity index (χ0v) is 20.8. The van der Waals surface area contributed by atoms with Gasteiger partial charge in [-0.1, -0.05) is 51.1 Å². The van der Waals surface area contributed by atoms with Crippen molar-refractivity contribution in [1.29, 1.82) is 0 Å². The highest BCUT2D eigenvalue weighted by atomic mass is 79.9. The van der Waals surface area contributed by atoms with Crippen LogP contribution in [0.5, 0.6) is 0 Å². The van der Waals surface area contributed by atoms with Gasteiger partial charge in [-0.05, 0) is 45.8 Å². The Morgan fingerprint density at radius 2 is 1.88 bits per heavy atom. The van der Waals surface area contributed by atoms with Gasteiger partial charge in [0, 0.05) is 28.9 Å². The monoisotopic (exact) mass is 527 g/mol. The standard InChI is InChI=1S/C25H26BrN3O5/c1-24(2)17-11-12-25(24,3)23(32)28(22(17)31)20(13-15-7-5-4-6-8-15)21(30)27-19-10-9-16(29(33)34)14-18(19)26/h4-10,14,17,20H,11-13H2,1-3H3,(H,27,30). The third-order valence-electron chi connectivity index (χ3n) is 7.76. The van der Waals surface area contributed by atoms with Crippen LogP contribution in [0.4, 0.5) is 11.4 Å². The van der Waals surface area contributed by atoms with Crippen LogP contribution in [0.2, 0.25) is 0 Å². The van der Waals surface area contributed by atoms with Crippen LogP contribution in [0, 0.1) is 26.9 Å². The van der Waals surface area contributed by atoms with Crippen LogP contribution < -0.4 is 5.32 Å². The number of carbonyl (C=O) groups is 3. The van der Waals surface area contributed by atoms with E-state index in [0.29, 0.717) is 23.0 Å². The predicted molar refractivity (Wildman–Crippen MR) is 130 cm³/mol. The maximum Gasteiger partial charge on any atom is 0.270 e. The van der Waals surface area contributed by atoms with E-state index in [-0.39, 0.29) is 29.8 Å². The third-order valence-corrected chi connectivity index (χ3v) is 8.42. The Morgan fingerprint density at radius 1 is 1.21 bits per heavy atom. The first kappa shape index (κ1) is 24.1. The van der Waals surface area contributed by atoms with Crippen molar-refractivity contribution in [1.82, 2.24) is 4.90 Å². The molecule has 3 amide bonds. The average Bonchev–Trinajstić information content (AvgIpc) is 2.97. The van der Waals surface area contributed by atoms with Crippen LogP contribution in [0.15, 0.2) is 53.0 Å². The van der Waals surface area contributed by atoms with E-state index in [1.165, 1.54) is 23.1 Å². The molecule has 2 fully saturated rings. The van der Waals surface area contributed by atoms with Crippen LogP contribution >= 0.6 is 15.9 Å². The average molecular weight is 528 g/mol. The van der Waals surface area contributed by atoms with Crippen LogP contribution in [-0.4, -0.2) is 33.6 Å². The van der Waals surface area contributed by atoms with E-state index in [0.717, 1.165) is 5.56 Å². The summed E-state index contributed by atoms with van der Waals surface area (Å²) in [5, 5.41) is 13.8. The molecular weight excluding hydrogens is 502 g/mol. The van der Waals surface area contributed by atoms with Crippen molar-refractivity contribution in [3.8, 4) is 0 Å². The molecule has 0 spiro atoms. The Labute approximate surface area is 206 Å². The molecule has 0 radical (unpaired) electrons. The summed E-state index contributed by atoms with van der Waals surface area (Å²) in [6, 6.07) is 12.2. The number of nitrogens with one attached hydrogen (secondary N) is 1. The summed E-state index contributed by atoms with van der Waals surface area (Å²) < 4.78 is 0.331. The van der Waals surface area contributed by atoms with E-state index in [1.54, 1.807) is 0 Å². The maximum absolute atomic E-state index is 13.7. The number of carbonyl (C=O) groups excluding carboxylic acids is 3.